The summed E-state index contributed by atoms with van der Waals surface area (Å²) in [5.41, 5.74) is 1.28. The van der Waals surface area contributed by atoms with E-state index in [9.17, 15) is 8.78 Å². The fourth-order valence-electron chi connectivity index (χ4n) is 3.12. The highest BCUT2D eigenvalue weighted by Gasteiger charge is 2.42. The van der Waals surface area contributed by atoms with E-state index in [0.29, 0.717) is 16.5 Å². The summed E-state index contributed by atoms with van der Waals surface area (Å²) >= 11 is 6.01. The molecule has 1 aromatic carbocycles. The second kappa shape index (κ2) is 6.02. The van der Waals surface area contributed by atoms with Crippen molar-refractivity contribution in [1.29, 1.82) is 0 Å². The first-order chi connectivity index (χ1) is 12.4. The zero-order chi connectivity index (χ0) is 18.5. The summed E-state index contributed by atoms with van der Waals surface area (Å²) in [6, 6.07) is 6.13. The highest BCUT2D eigenvalue weighted by Crippen LogP contribution is 2.45. The Kier molecular flexibility index (Phi) is 3.91. The number of nitrogens with one attached hydrogen (secondary N) is 1. The second-order valence-corrected chi connectivity index (χ2v) is 6.66. The van der Waals surface area contributed by atoms with Crippen LogP contribution >= 0.6 is 11.6 Å². The van der Waals surface area contributed by atoms with E-state index >= 15 is 0 Å². The molecule has 0 spiro atoms. The monoisotopic (exact) mass is 376 g/mol. The van der Waals surface area contributed by atoms with E-state index in [-0.39, 0.29) is 17.4 Å². The molecule has 134 valence electrons. The molecule has 0 bridgehead atoms. The van der Waals surface area contributed by atoms with Crippen molar-refractivity contribution in [3.05, 3.63) is 52.4 Å². The molecule has 3 heterocycles. The highest BCUT2D eigenvalue weighted by molar-refractivity contribution is 6.30. The number of pyridine rings is 1. The fraction of sp³-hybridized carbons (Fsp3) is 0.278. The van der Waals surface area contributed by atoms with Crippen LogP contribution in [-0.4, -0.2) is 21.8 Å². The van der Waals surface area contributed by atoms with Gasteiger partial charge in [-0.05, 0) is 26.0 Å². The van der Waals surface area contributed by atoms with Gasteiger partial charge in [0.2, 0.25) is 0 Å². The van der Waals surface area contributed by atoms with Gasteiger partial charge in [0.25, 0.3) is 0 Å². The highest BCUT2D eigenvalue weighted by atomic mass is 35.5. The first-order valence-electron chi connectivity index (χ1n) is 8.06. The molecule has 1 aliphatic rings. The van der Waals surface area contributed by atoms with Crippen LogP contribution in [0.1, 0.15) is 29.8 Å². The molecular weight excluding hydrogens is 362 g/mol. The van der Waals surface area contributed by atoms with Crippen molar-refractivity contribution in [3.63, 3.8) is 0 Å². The molecule has 8 heteroatoms. The summed E-state index contributed by atoms with van der Waals surface area (Å²) < 4.78 is 33.1. The van der Waals surface area contributed by atoms with Crippen LogP contribution in [-0.2, 0) is 5.92 Å². The predicted octanol–water partition coefficient (Wildman–Crippen LogP) is 4.64. The van der Waals surface area contributed by atoms with Crippen LogP contribution in [0, 0.1) is 6.92 Å². The molecule has 3 aromatic rings. The summed E-state index contributed by atoms with van der Waals surface area (Å²) in [7, 11) is 0. The lowest BCUT2D eigenvalue weighted by Gasteiger charge is -2.18. The van der Waals surface area contributed by atoms with Gasteiger partial charge in [-0.2, -0.15) is 13.9 Å². The maximum absolute atomic E-state index is 13.9. The predicted molar refractivity (Wildman–Crippen MR) is 94.9 cm³/mol. The molecule has 0 aliphatic carbocycles. The summed E-state index contributed by atoms with van der Waals surface area (Å²) in [4.78, 5) is 4.08. The lowest BCUT2D eigenvalue weighted by Crippen LogP contribution is -2.14. The Morgan fingerprint density at radius 3 is 2.88 bits per heavy atom. The summed E-state index contributed by atoms with van der Waals surface area (Å²) in [5, 5.41) is 13.5. The molecule has 26 heavy (non-hydrogen) atoms. The zero-order valence-electron chi connectivity index (χ0n) is 14.1. The van der Waals surface area contributed by atoms with Crippen LogP contribution in [0.3, 0.4) is 0 Å². The van der Waals surface area contributed by atoms with Gasteiger partial charge in [-0.15, -0.1) is 5.10 Å². The van der Waals surface area contributed by atoms with Gasteiger partial charge < -0.3 is 10.1 Å². The minimum atomic E-state index is -2.97. The van der Waals surface area contributed by atoms with E-state index in [1.165, 1.54) is 6.07 Å². The number of ether oxygens (including phenoxy) is 1. The molecule has 1 aliphatic heterocycles. The number of nitrogens with zero attached hydrogens (tertiary/aromatic N) is 3. The van der Waals surface area contributed by atoms with Gasteiger partial charge >= 0.3 is 5.92 Å². The van der Waals surface area contributed by atoms with Crippen LogP contribution in [0.15, 0.2) is 30.5 Å². The molecule has 1 atom stereocenters. The van der Waals surface area contributed by atoms with Gasteiger partial charge in [-0.1, -0.05) is 23.7 Å². The molecular formula is C18H15ClF2N4O. The standard InChI is InChI=1S/C18H15ClF2N4O/c1-9(11-4-3-5-14-16(11)26-8-18(14,20)21)23-17-12-6-15(19)22-7-13(12)10(2)24-25-17/h3-7,9H,8H2,1-2H3,(H,23,25)/t9-/m1/s1. The van der Waals surface area contributed by atoms with Crippen molar-refractivity contribution in [1.82, 2.24) is 15.2 Å². The number of anilines is 1. The lowest BCUT2D eigenvalue weighted by atomic mass is 10.0. The van der Waals surface area contributed by atoms with Gasteiger partial charge in [-0.3, -0.25) is 0 Å². The topological polar surface area (TPSA) is 59.9 Å². The van der Waals surface area contributed by atoms with Crippen LogP contribution in [0.2, 0.25) is 5.15 Å². The number of hydrogen-bond acceptors (Lipinski definition) is 5. The fourth-order valence-corrected chi connectivity index (χ4v) is 3.28. The third-order valence-electron chi connectivity index (χ3n) is 4.47. The van der Waals surface area contributed by atoms with Crippen molar-refractivity contribution in [2.45, 2.75) is 25.8 Å². The van der Waals surface area contributed by atoms with E-state index in [4.69, 9.17) is 16.3 Å². The second-order valence-electron chi connectivity index (χ2n) is 6.27. The number of para-hydroxylation sites is 1. The van der Waals surface area contributed by atoms with Crippen molar-refractivity contribution in [3.8, 4) is 5.75 Å². The average molecular weight is 377 g/mol. The van der Waals surface area contributed by atoms with Crippen molar-refractivity contribution < 1.29 is 13.5 Å². The molecule has 0 saturated heterocycles. The minimum Gasteiger partial charge on any atom is -0.486 e. The number of fused-ring (bicyclic) bond motifs is 2. The molecule has 1 N–H and O–H groups in total. The Balaban J connectivity index is 1.74. The molecule has 2 aromatic heterocycles. The summed E-state index contributed by atoms with van der Waals surface area (Å²) in [6.45, 7) is 3.05. The Hall–Kier alpha value is -2.54. The van der Waals surface area contributed by atoms with Crippen molar-refractivity contribution >= 4 is 28.2 Å². The number of aromatic nitrogens is 3. The molecule has 0 amide bonds. The number of alkyl halides is 2. The van der Waals surface area contributed by atoms with E-state index in [2.05, 4.69) is 20.5 Å². The molecule has 0 radical (unpaired) electrons. The summed E-state index contributed by atoms with van der Waals surface area (Å²) in [6.07, 6.45) is 1.64. The maximum atomic E-state index is 13.9. The SMILES string of the molecule is Cc1nnc(N[C@H](C)c2cccc3c2OCC3(F)F)c2cc(Cl)ncc12. The molecule has 5 nitrogen and oxygen atoms in total. The number of aryl methyl sites for hydroxylation is 1. The minimum absolute atomic E-state index is 0.0873. The smallest absolute Gasteiger partial charge is 0.310 e. The Morgan fingerprint density at radius 1 is 1.27 bits per heavy atom. The first-order valence-corrected chi connectivity index (χ1v) is 8.44. The van der Waals surface area contributed by atoms with Crippen molar-refractivity contribution in [2.24, 2.45) is 0 Å². The van der Waals surface area contributed by atoms with E-state index in [0.717, 1.165) is 16.5 Å². The quantitative estimate of drug-likeness (QED) is 0.674. The Labute approximate surface area is 153 Å². The largest absolute Gasteiger partial charge is 0.486 e. The third-order valence-corrected chi connectivity index (χ3v) is 4.68. The molecule has 0 fully saturated rings. The van der Waals surface area contributed by atoms with E-state index < -0.39 is 12.5 Å². The van der Waals surface area contributed by atoms with Gasteiger partial charge in [0.15, 0.2) is 12.4 Å². The Bertz CT molecular complexity index is 1010. The number of hydrogen-bond donors (Lipinski definition) is 1. The van der Waals surface area contributed by atoms with Gasteiger partial charge in [0.05, 0.1) is 17.3 Å². The third kappa shape index (κ3) is 2.72. The zero-order valence-corrected chi connectivity index (χ0v) is 14.8. The van der Waals surface area contributed by atoms with Crippen LogP contribution in [0.5, 0.6) is 5.75 Å². The number of halogens is 3. The Morgan fingerprint density at radius 2 is 2.08 bits per heavy atom. The van der Waals surface area contributed by atoms with Crippen LogP contribution < -0.4 is 10.1 Å². The average Bonchev–Trinajstić information content (AvgIpc) is 2.92. The summed E-state index contributed by atoms with van der Waals surface area (Å²) in [5.74, 6) is -2.24. The van der Waals surface area contributed by atoms with Gasteiger partial charge in [0, 0.05) is 22.5 Å². The number of benzene rings is 1. The van der Waals surface area contributed by atoms with Crippen molar-refractivity contribution in [2.75, 3.05) is 11.9 Å². The normalized spacial score (nSPS) is 16.2. The van der Waals surface area contributed by atoms with Gasteiger partial charge in [0.1, 0.15) is 10.9 Å². The maximum Gasteiger partial charge on any atom is 0.310 e. The van der Waals surface area contributed by atoms with E-state index in [1.807, 2.05) is 13.8 Å². The van der Waals surface area contributed by atoms with Gasteiger partial charge in [-0.25, -0.2) is 4.98 Å². The lowest BCUT2D eigenvalue weighted by molar-refractivity contribution is -0.0214. The molecule has 0 saturated carbocycles. The number of rotatable bonds is 3. The molecule has 0 unspecified atom stereocenters. The van der Waals surface area contributed by atoms with Crippen LogP contribution in [0.4, 0.5) is 14.6 Å². The molecule has 4 rings (SSSR count). The van der Waals surface area contributed by atoms with Crippen LogP contribution in [0.25, 0.3) is 10.8 Å². The first kappa shape index (κ1) is 16.9. The van der Waals surface area contributed by atoms with E-state index in [1.54, 1.807) is 24.4 Å².